The van der Waals surface area contributed by atoms with E-state index in [-0.39, 0.29) is 23.9 Å². The summed E-state index contributed by atoms with van der Waals surface area (Å²) >= 11 is 6.02. The van der Waals surface area contributed by atoms with Crippen LogP contribution in [0.4, 0.5) is 0 Å². The van der Waals surface area contributed by atoms with Gasteiger partial charge in [0.2, 0.25) is 0 Å². The van der Waals surface area contributed by atoms with Gasteiger partial charge in [-0.25, -0.2) is 0 Å². The molecule has 15 heavy (non-hydrogen) atoms. The highest BCUT2D eigenvalue weighted by Crippen LogP contribution is 2.32. The van der Waals surface area contributed by atoms with Crippen molar-refractivity contribution in [3.63, 3.8) is 0 Å². The smallest absolute Gasteiger partial charge is 0.147 e. The van der Waals surface area contributed by atoms with Crippen molar-refractivity contribution in [2.45, 2.75) is 25.2 Å². The van der Waals surface area contributed by atoms with Gasteiger partial charge in [0.05, 0.1) is 6.42 Å². The molecule has 78 valence electrons. The summed E-state index contributed by atoms with van der Waals surface area (Å²) in [6, 6.07) is 7.34. The number of carbonyl (C=O) groups excluding carboxylic acids is 2. The maximum absolute atomic E-state index is 11.7. The minimum Gasteiger partial charge on any atom is -0.299 e. The molecule has 1 atom stereocenters. The fourth-order valence-corrected chi connectivity index (χ4v) is 2.23. The van der Waals surface area contributed by atoms with E-state index in [2.05, 4.69) is 0 Å². The highest BCUT2D eigenvalue weighted by Gasteiger charge is 2.29. The lowest BCUT2D eigenvalue weighted by molar-refractivity contribution is -0.130. The summed E-state index contributed by atoms with van der Waals surface area (Å²) < 4.78 is 0. The van der Waals surface area contributed by atoms with Crippen molar-refractivity contribution < 1.29 is 9.59 Å². The molecule has 2 rings (SSSR count). The molecule has 1 unspecified atom stereocenters. The van der Waals surface area contributed by atoms with Crippen molar-refractivity contribution in [1.82, 2.24) is 0 Å². The zero-order chi connectivity index (χ0) is 10.8. The molecule has 0 saturated heterocycles. The topological polar surface area (TPSA) is 34.1 Å². The summed E-state index contributed by atoms with van der Waals surface area (Å²) in [6.07, 6.45) is 1.15. The Morgan fingerprint density at radius 3 is 2.60 bits per heavy atom. The highest BCUT2D eigenvalue weighted by atomic mass is 35.5. The van der Waals surface area contributed by atoms with Gasteiger partial charge in [0.1, 0.15) is 11.6 Å². The fraction of sp³-hybridized carbons (Fsp3) is 0.333. The largest absolute Gasteiger partial charge is 0.299 e. The van der Waals surface area contributed by atoms with Crippen molar-refractivity contribution in [1.29, 1.82) is 0 Å². The van der Waals surface area contributed by atoms with Crippen LogP contribution in [-0.2, 0) is 9.59 Å². The van der Waals surface area contributed by atoms with E-state index in [0.717, 1.165) is 5.56 Å². The van der Waals surface area contributed by atoms with Gasteiger partial charge in [0.15, 0.2) is 0 Å². The van der Waals surface area contributed by atoms with Crippen molar-refractivity contribution >= 4 is 23.2 Å². The van der Waals surface area contributed by atoms with Crippen LogP contribution in [0.25, 0.3) is 0 Å². The molecule has 1 aromatic carbocycles. The van der Waals surface area contributed by atoms with Gasteiger partial charge >= 0.3 is 0 Å². The predicted octanol–water partition coefficient (Wildman–Crippen LogP) is 2.75. The summed E-state index contributed by atoms with van der Waals surface area (Å²) in [5, 5.41) is 0.616. The Morgan fingerprint density at radius 2 is 1.93 bits per heavy atom. The lowest BCUT2D eigenvalue weighted by atomic mass is 9.82. The number of hydrogen-bond donors (Lipinski definition) is 0. The Labute approximate surface area is 93.2 Å². The quantitative estimate of drug-likeness (QED) is 0.685. The molecule has 0 aromatic heterocycles. The fourth-order valence-electron chi connectivity index (χ4n) is 1.96. The van der Waals surface area contributed by atoms with Gasteiger partial charge in [0.25, 0.3) is 0 Å². The lowest BCUT2D eigenvalue weighted by Gasteiger charge is -2.20. The molecule has 0 aliphatic heterocycles. The average molecular weight is 223 g/mol. The number of Topliss-reactive ketones (excluding diaryl/α,β-unsaturated/α-hetero) is 2. The minimum absolute atomic E-state index is 0.000602. The molecule has 0 amide bonds. The zero-order valence-corrected chi connectivity index (χ0v) is 8.96. The number of halogens is 1. The second-order valence-corrected chi connectivity index (χ2v) is 4.20. The monoisotopic (exact) mass is 222 g/mol. The van der Waals surface area contributed by atoms with E-state index in [1.165, 1.54) is 0 Å². The van der Waals surface area contributed by atoms with E-state index >= 15 is 0 Å². The molecule has 0 spiro atoms. The zero-order valence-electron chi connectivity index (χ0n) is 8.20. The van der Waals surface area contributed by atoms with Gasteiger partial charge in [-0.3, -0.25) is 9.59 Å². The summed E-state index contributed by atoms with van der Waals surface area (Å²) in [6.45, 7) is 0. The second-order valence-electron chi connectivity index (χ2n) is 3.79. The Balaban J connectivity index is 2.28. The van der Waals surface area contributed by atoms with Gasteiger partial charge in [-0.05, 0) is 18.1 Å². The van der Waals surface area contributed by atoms with Crippen LogP contribution in [0, 0.1) is 0 Å². The van der Waals surface area contributed by atoms with Crippen molar-refractivity contribution in [2.75, 3.05) is 0 Å². The summed E-state index contributed by atoms with van der Waals surface area (Å²) in [5.41, 5.74) is 0.858. The molecule has 0 bridgehead atoms. The highest BCUT2D eigenvalue weighted by molar-refractivity contribution is 6.31. The van der Waals surface area contributed by atoms with Crippen LogP contribution in [0.2, 0.25) is 5.02 Å². The van der Waals surface area contributed by atoms with E-state index in [1.807, 2.05) is 18.2 Å². The van der Waals surface area contributed by atoms with E-state index in [4.69, 9.17) is 11.6 Å². The molecule has 1 fully saturated rings. The van der Waals surface area contributed by atoms with E-state index in [0.29, 0.717) is 17.9 Å². The van der Waals surface area contributed by atoms with Crippen LogP contribution in [-0.4, -0.2) is 11.6 Å². The number of carbonyl (C=O) groups is 2. The third-order valence-corrected chi connectivity index (χ3v) is 3.10. The van der Waals surface area contributed by atoms with Crippen LogP contribution in [0.15, 0.2) is 24.3 Å². The molecule has 0 N–H and O–H groups in total. The number of hydrogen-bond acceptors (Lipinski definition) is 2. The molecule has 0 heterocycles. The number of ketones is 2. The molecule has 1 saturated carbocycles. The minimum atomic E-state index is -0.184. The maximum Gasteiger partial charge on any atom is 0.147 e. The van der Waals surface area contributed by atoms with Crippen LogP contribution < -0.4 is 0 Å². The SMILES string of the molecule is O=C1CCC(c2ccccc2Cl)C(=O)C1. The maximum atomic E-state index is 11.7. The van der Waals surface area contributed by atoms with Crippen LogP contribution in [0.5, 0.6) is 0 Å². The Bertz CT molecular complexity index is 412. The lowest BCUT2D eigenvalue weighted by Crippen LogP contribution is -2.23. The Kier molecular flexibility index (Phi) is 2.87. The number of benzene rings is 1. The van der Waals surface area contributed by atoms with Crippen LogP contribution >= 0.6 is 11.6 Å². The van der Waals surface area contributed by atoms with Gasteiger partial charge in [-0.1, -0.05) is 29.8 Å². The summed E-state index contributed by atoms with van der Waals surface area (Å²) in [7, 11) is 0. The first-order valence-corrected chi connectivity index (χ1v) is 5.35. The molecule has 1 aliphatic carbocycles. The molecule has 1 aromatic rings. The first kappa shape index (κ1) is 10.4. The van der Waals surface area contributed by atoms with Crippen LogP contribution in [0.1, 0.15) is 30.7 Å². The molecular weight excluding hydrogens is 212 g/mol. The van der Waals surface area contributed by atoms with Gasteiger partial charge in [0, 0.05) is 17.4 Å². The van der Waals surface area contributed by atoms with Crippen molar-refractivity contribution in [3.05, 3.63) is 34.9 Å². The summed E-state index contributed by atoms with van der Waals surface area (Å²) in [5.74, 6) is -0.140. The molecule has 2 nitrogen and oxygen atoms in total. The van der Waals surface area contributed by atoms with E-state index < -0.39 is 0 Å². The van der Waals surface area contributed by atoms with E-state index in [1.54, 1.807) is 6.07 Å². The van der Waals surface area contributed by atoms with Crippen LogP contribution in [0.3, 0.4) is 0 Å². The number of rotatable bonds is 1. The van der Waals surface area contributed by atoms with Crippen molar-refractivity contribution in [2.24, 2.45) is 0 Å². The van der Waals surface area contributed by atoms with Gasteiger partial charge in [-0.2, -0.15) is 0 Å². The predicted molar refractivity (Wildman–Crippen MR) is 58.1 cm³/mol. The average Bonchev–Trinajstić information content (AvgIpc) is 2.20. The molecule has 3 heteroatoms. The van der Waals surface area contributed by atoms with Gasteiger partial charge in [-0.15, -0.1) is 0 Å². The van der Waals surface area contributed by atoms with Gasteiger partial charge < -0.3 is 0 Å². The van der Waals surface area contributed by atoms with E-state index in [9.17, 15) is 9.59 Å². The third kappa shape index (κ3) is 2.10. The first-order valence-electron chi connectivity index (χ1n) is 4.97. The summed E-state index contributed by atoms with van der Waals surface area (Å²) in [4.78, 5) is 22.8. The third-order valence-electron chi connectivity index (χ3n) is 2.75. The Morgan fingerprint density at radius 1 is 1.20 bits per heavy atom. The Hall–Kier alpha value is -1.15. The standard InChI is InChI=1S/C12H11ClO2/c13-11-4-2-1-3-9(11)10-6-5-8(14)7-12(10)15/h1-4,10H,5-7H2. The van der Waals surface area contributed by atoms with Crippen molar-refractivity contribution in [3.8, 4) is 0 Å². The second kappa shape index (κ2) is 4.15. The molecular formula is C12H11ClO2. The molecule has 1 aliphatic rings. The normalized spacial score (nSPS) is 21.8. The first-order chi connectivity index (χ1) is 7.18. The molecule has 0 radical (unpaired) electrons.